The van der Waals surface area contributed by atoms with Gasteiger partial charge >= 0.3 is 0 Å². The normalized spacial score (nSPS) is 10.2. The minimum absolute atomic E-state index is 0. The summed E-state index contributed by atoms with van der Waals surface area (Å²) in [5.74, 6) is 0.131. The maximum atomic E-state index is 11.8. The highest BCUT2D eigenvalue weighted by Crippen LogP contribution is 2.27. The molecule has 0 saturated carbocycles. The van der Waals surface area contributed by atoms with Gasteiger partial charge in [-0.25, -0.2) is 0 Å². The van der Waals surface area contributed by atoms with Gasteiger partial charge in [-0.3, -0.25) is 4.79 Å². The van der Waals surface area contributed by atoms with Gasteiger partial charge in [0, 0.05) is 28.5 Å². The second-order valence-corrected chi connectivity index (χ2v) is 4.66. The Morgan fingerprint density at radius 2 is 2.22 bits per heavy atom. The van der Waals surface area contributed by atoms with Gasteiger partial charge in [-0.2, -0.15) is 0 Å². The lowest BCUT2D eigenvalue weighted by atomic mass is 10.1. The molecule has 1 amide bonds. The summed E-state index contributed by atoms with van der Waals surface area (Å²) in [4.78, 5) is 11.8. The van der Waals surface area contributed by atoms with Crippen molar-refractivity contribution in [1.82, 2.24) is 5.32 Å². The van der Waals surface area contributed by atoms with Crippen molar-refractivity contribution >= 4 is 45.2 Å². The standard InChI is InChI=1S/C12H13BrN2O2.ClH/c1-7-9-6-8(13)2-3-10(9)17-11(7)12(16)15-5-4-14;/h2-3,6H,4-5,14H2,1H3,(H,15,16);1H. The van der Waals surface area contributed by atoms with Crippen molar-refractivity contribution in [2.45, 2.75) is 6.92 Å². The van der Waals surface area contributed by atoms with E-state index in [4.69, 9.17) is 10.2 Å². The number of benzene rings is 1. The Balaban J connectivity index is 0.00000162. The molecule has 2 rings (SSSR count). The first-order chi connectivity index (χ1) is 8.13. The van der Waals surface area contributed by atoms with Crippen molar-refractivity contribution in [3.8, 4) is 0 Å². The van der Waals surface area contributed by atoms with Crippen molar-refractivity contribution in [3.05, 3.63) is 34.0 Å². The monoisotopic (exact) mass is 332 g/mol. The van der Waals surface area contributed by atoms with E-state index in [1.807, 2.05) is 25.1 Å². The molecule has 0 radical (unpaired) electrons. The summed E-state index contributed by atoms with van der Waals surface area (Å²) in [6, 6.07) is 5.66. The SMILES string of the molecule is Cc1c(C(=O)NCCN)oc2ccc(Br)cc12.Cl. The molecular weight excluding hydrogens is 320 g/mol. The van der Waals surface area contributed by atoms with E-state index >= 15 is 0 Å². The van der Waals surface area contributed by atoms with Crippen LogP contribution < -0.4 is 11.1 Å². The van der Waals surface area contributed by atoms with Gasteiger partial charge in [0.15, 0.2) is 5.76 Å². The maximum absolute atomic E-state index is 11.8. The molecule has 1 aromatic heterocycles. The Hall–Kier alpha value is -1.04. The van der Waals surface area contributed by atoms with Gasteiger partial charge in [0.2, 0.25) is 0 Å². The Bertz CT molecular complexity index is 568. The van der Waals surface area contributed by atoms with E-state index in [1.54, 1.807) is 0 Å². The van der Waals surface area contributed by atoms with E-state index in [9.17, 15) is 4.79 Å². The van der Waals surface area contributed by atoms with Crippen LogP contribution in [0.1, 0.15) is 16.1 Å². The van der Waals surface area contributed by atoms with E-state index < -0.39 is 0 Å². The topological polar surface area (TPSA) is 68.3 Å². The molecule has 0 fully saturated rings. The quantitative estimate of drug-likeness (QED) is 0.907. The average Bonchev–Trinajstić information content (AvgIpc) is 2.64. The molecule has 4 nitrogen and oxygen atoms in total. The minimum atomic E-state index is -0.222. The molecule has 0 saturated heterocycles. The molecule has 98 valence electrons. The predicted octanol–water partition coefficient (Wildman–Crippen LogP) is 2.61. The fourth-order valence-electron chi connectivity index (χ4n) is 1.68. The largest absolute Gasteiger partial charge is 0.451 e. The van der Waals surface area contributed by atoms with Crippen molar-refractivity contribution in [3.63, 3.8) is 0 Å². The van der Waals surface area contributed by atoms with Gasteiger partial charge in [-0.15, -0.1) is 12.4 Å². The summed E-state index contributed by atoms with van der Waals surface area (Å²) in [5.41, 5.74) is 6.89. The van der Waals surface area contributed by atoms with E-state index in [2.05, 4.69) is 21.2 Å². The number of furan rings is 1. The highest BCUT2D eigenvalue weighted by Gasteiger charge is 2.16. The van der Waals surface area contributed by atoms with Gasteiger partial charge in [0.1, 0.15) is 5.58 Å². The first-order valence-corrected chi connectivity index (χ1v) is 6.09. The number of nitrogens with one attached hydrogen (secondary N) is 1. The summed E-state index contributed by atoms with van der Waals surface area (Å²) in [7, 11) is 0. The second-order valence-electron chi connectivity index (χ2n) is 3.74. The Labute approximate surface area is 119 Å². The lowest BCUT2D eigenvalue weighted by Crippen LogP contribution is -2.29. The first-order valence-electron chi connectivity index (χ1n) is 5.30. The summed E-state index contributed by atoms with van der Waals surface area (Å²) >= 11 is 3.40. The highest BCUT2D eigenvalue weighted by atomic mass is 79.9. The van der Waals surface area contributed by atoms with Gasteiger partial charge in [-0.05, 0) is 25.1 Å². The number of carbonyl (C=O) groups is 1. The zero-order valence-electron chi connectivity index (χ0n) is 9.83. The van der Waals surface area contributed by atoms with E-state index in [0.29, 0.717) is 24.4 Å². The lowest BCUT2D eigenvalue weighted by molar-refractivity contribution is 0.0928. The van der Waals surface area contributed by atoms with Crippen LogP contribution in [-0.2, 0) is 0 Å². The van der Waals surface area contributed by atoms with Crippen LogP contribution in [0.25, 0.3) is 11.0 Å². The van der Waals surface area contributed by atoms with Crippen molar-refractivity contribution < 1.29 is 9.21 Å². The molecule has 6 heteroatoms. The molecule has 1 heterocycles. The number of aryl methyl sites for hydroxylation is 1. The number of hydrogen-bond donors (Lipinski definition) is 2. The number of fused-ring (bicyclic) bond motifs is 1. The smallest absolute Gasteiger partial charge is 0.287 e. The van der Waals surface area contributed by atoms with Crippen molar-refractivity contribution in [1.29, 1.82) is 0 Å². The van der Waals surface area contributed by atoms with Crippen molar-refractivity contribution in [2.24, 2.45) is 5.73 Å². The molecule has 0 bridgehead atoms. The third kappa shape index (κ3) is 2.85. The minimum Gasteiger partial charge on any atom is -0.451 e. The third-order valence-corrected chi connectivity index (χ3v) is 3.03. The molecule has 0 atom stereocenters. The van der Waals surface area contributed by atoms with E-state index in [-0.39, 0.29) is 18.3 Å². The molecular formula is C12H14BrClN2O2. The van der Waals surface area contributed by atoms with Crippen LogP contribution in [0.5, 0.6) is 0 Å². The fourth-order valence-corrected chi connectivity index (χ4v) is 2.04. The van der Waals surface area contributed by atoms with Crippen LogP contribution in [0.4, 0.5) is 0 Å². The van der Waals surface area contributed by atoms with Gasteiger partial charge < -0.3 is 15.5 Å². The summed E-state index contributed by atoms with van der Waals surface area (Å²) in [6.45, 7) is 2.73. The second kappa shape index (κ2) is 6.22. The molecule has 0 aliphatic heterocycles. The maximum Gasteiger partial charge on any atom is 0.287 e. The fraction of sp³-hybridized carbons (Fsp3) is 0.250. The first kappa shape index (κ1) is 15.0. The predicted molar refractivity (Wildman–Crippen MR) is 77.3 cm³/mol. The molecule has 0 aliphatic rings. The molecule has 0 aliphatic carbocycles. The molecule has 0 unspecified atom stereocenters. The number of nitrogens with two attached hydrogens (primary N) is 1. The molecule has 18 heavy (non-hydrogen) atoms. The van der Waals surface area contributed by atoms with E-state index in [0.717, 1.165) is 15.4 Å². The third-order valence-electron chi connectivity index (χ3n) is 2.53. The van der Waals surface area contributed by atoms with Crippen LogP contribution in [0.15, 0.2) is 27.1 Å². The number of halogens is 2. The summed E-state index contributed by atoms with van der Waals surface area (Å²) < 4.78 is 6.50. The Morgan fingerprint density at radius 1 is 1.50 bits per heavy atom. The van der Waals surface area contributed by atoms with E-state index in [1.165, 1.54) is 0 Å². The van der Waals surface area contributed by atoms with Crippen LogP contribution in [-0.4, -0.2) is 19.0 Å². The summed E-state index contributed by atoms with van der Waals surface area (Å²) in [6.07, 6.45) is 0. The van der Waals surface area contributed by atoms with Crippen LogP contribution in [0, 0.1) is 6.92 Å². The summed E-state index contributed by atoms with van der Waals surface area (Å²) in [5, 5.41) is 3.64. The van der Waals surface area contributed by atoms with Crippen LogP contribution >= 0.6 is 28.3 Å². The molecule has 1 aromatic carbocycles. The molecule has 2 aromatic rings. The number of amides is 1. The van der Waals surface area contributed by atoms with Crippen LogP contribution in [0.3, 0.4) is 0 Å². The Morgan fingerprint density at radius 3 is 2.89 bits per heavy atom. The zero-order valence-corrected chi connectivity index (χ0v) is 12.2. The highest BCUT2D eigenvalue weighted by molar-refractivity contribution is 9.10. The Kier molecular flexibility index (Phi) is 5.19. The zero-order chi connectivity index (χ0) is 12.4. The lowest BCUT2D eigenvalue weighted by Gasteiger charge is -2.00. The van der Waals surface area contributed by atoms with Crippen molar-refractivity contribution in [2.75, 3.05) is 13.1 Å². The number of rotatable bonds is 3. The number of hydrogen-bond acceptors (Lipinski definition) is 3. The number of carbonyl (C=O) groups excluding carboxylic acids is 1. The average molecular weight is 334 g/mol. The van der Waals surface area contributed by atoms with Gasteiger partial charge in [-0.1, -0.05) is 15.9 Å². The molecule has 0 spiro atoms. The van der Waals surface area contributed by atoms with Gasteiger partial charge in [0.05, 0.1) is 0 Å². The molecule has 3 N–H and O–H groups in total. The van der Waals surface area contributed by atoms with Crippen LogP contribution in [0.2, 0.25) is 0 Å². The van der Waals surface area contributed by atoms with Gasteiger partial charge in [0.25, 0.3) is 5.91 Å².